The summed E-state index contributed by atoms with van der Waals surface area (Å²) in [6.07, 6.45) is 3.73. The number of aromatic nitrogens is 2. The molecule has 0 bridgehead atoms. The van der Waals surface area contributed by atoms with Gasteiger partial charge >= 0.3 is 0 Å². The average Bonchev–Trinajstić information content (AvgIpc) is 2.38. The topological polar surface area (TPSA) is 40.7 Å². The summed E-state index contributed by atoms with van der Waals surface area (Å²) in [5.41, 5.74) is 1.20. The van der Waals surface area contributed by atoms with Crippen molar-refractivity contribution in [1.82, 2.24) is 15.5 Å². The van der Waals surface area contributed by atoms with Crippen LogP contribution in [0.5, 0.6) is 0 Å². The molecule has 10 heavy (non-hydrogen) atoms. The zero-order chi connectivity index (χ0) is 7.61. The number of nitrogens with zero attached hydrogens (tertiary/aromatic N) is 1. The van der Waals surface area contributed by atoms with Gasteiger partial charge in [0, 0.05) is 17.3 Å². The number of nitrogens with one attached hydrogen (secondary N) is 2. The van der Waals surface area contributed by atoms with E-state index in [1.54, 1.807) is 0 Å². The second-order valence-corrected chi connectivity index (χ2v) is 2.86. The second kappa shape index (κ2) is 2.42. The predicted octanol–water partition coefficient (Wildman–Crippen LogP) is 0.864. The molecule has 3 nitrogen and oxygen atoms in total. The lowest BCUT2D eigenvalue weighted by molar-refractivity contribution is 0.445. The molecular formula is C7H13N3. The Bertz CT molecular complexity index is 189. The normalized spacial score (nSPS) is 11.9. The third-order valence-corrected chi connectivity index (χ3v) is 1.84. The highest BCUT2D eigenvalue weighted by Crippen LogP contribution is 2.16. The first kappa shape index (κ1) is 7.28. The van der Waals surface area contributed by atoms with Crippen molar-refractivity contribution in [2.24, 2.45) is 0 Å². The molecule has 1 aromatic rings. The summed E-state index contributed by atoms with van der Waals surface area (Å²) in [7, 11) is 1.94. The molecule has 0 aliphatic heterocycles. The van der Waals surface area contributed by atoms with E-state index in [1.165, 1.54) is 5.56 Å². The molecule has 0 atom stereocenters. The summed E-state index contributed by atoms with van der Waals surface area (Å²) >= 11 is 0. The summed E-state index contributed by atoms with van der Waals surface area (Å²) < 4.78 is 0. The Morgan fingerprint density at radius 3 is 2.70 bits per heavy atom. The maximum Gasteiger partial charge on any atom is 0.0537 e. The van der Waals surface area contributed by atoms with Crippen molar-refractivity contribution in [3.05, 3.63) is 18.0 Å². The molecule has 0 unspecified atom stereocenters. The van der Waals surface area contributed by atoms with E-state index >= 15 is 0 Å². The van der Waals surface area contributed by atoms with Crippen molar-refractivity contribution in [3.8, 4) is 0 Å². The van der Waals surface area contributed by atoms with Crippen LogP contribution < -0.4 is 5.32 Å². The van der Waals surface area contributed by atoms with Crippen molar-refractivity contribution in [2.75, 3.05) is 7.05 Å². The molecule has 0 saturated heterocycles. The van der Waals surface area contributed by atoms with Crippen LogP contribution in [0.15, 0.2) is 12.4 Å². The number of H-pyrrole nitrogens is 1. The monoisotopic (exact) mass is 139 g/mol. The van der Waals surface area contributed by atoms with Crippen molar-refractivity contribution in [3.63, 3.8) is 0 Å². The van der Waals surface area contributed by atoms with Gasteiger partial charge < -0.3 is 5.32 Å². The highest BCUT2D eigenvalue weighted by Gasteiger charge is 2.17. The Morgan fingerprint density at radius 2 is 2.30 bits per heavy atom. The summed E-state index contributed by atoms with van der Waals surface area (Å²) in [4.78, 5) is 0. The van der Waals surface area contributed by atoms with Gasteiger partial charge in [-0.1, -0.05) is 0 Å². The van der Waals surface area contributed by atoms with Crippen LogP contribution in [0.25, 0.3) is 0 Å². The summed E-state index contributed by atoms with van der Waals surface area (Å²) in [6, 6.07) is 0. The van der Waals surface area contributed by atoms with Crippen molar-refractivity contribution in [1.29, 1.82) is 0 Å². The van der Waals surface area contributed by atoms with E-state index in [-0.39, 0.29) is 5.54 Å². The standard InChI is InChI=1S/C7H13N3/c1-7(2,8-3)6-4-9-10-5-6/h4-5,8H,1-3H3,(H,9,10). The summed E-state index contributed by atoms with van der Waals surface area (Å²) in [5.74, 6) is 0. The van der Waals surface area contributed by atoms with E-state index < -0.39 is 0 Å². The molecule has 0 radical (unpaired) electrons. The van der Waals surface area contributed by atoms with Crippen LogP contribution in [0.2, 0.25) is 0 Å². The Kier molecular flexibility index (Phi) is 1.76. The van der Waals surface area contributed by atoms with Crippen molar-refractivity contribution >= 4 is 0 Å². The van der Waals surface area contributed by atoms with Crippen LogP contribution in [0.1, 0.15) is 19.4 Å². The maximum atomic E-state index is 3.87. The fourth-order valence-corrected chi connectivity index (χ4v) is 0.737. The van der Waals surface area contributed by atoms with E-state index in [4.69, 9.17) is 0 Å². The van der Waals surface area contributed by atoms with Gasteiger partial charge in [0.2, 0.25) is 0 Å². The fraction of sp³-hybridized carbons (Fsp3) is 0.571. The highest BCUT2D eigenvalue weighted by atomic mass is 15.1. The smallest absolute Gasteiger partial charge is 0.0537 e. The van der Waals surface area contributed by atoms with Gasteiger partial charge in [-0.3, -0.25) is 5.10 Å². The number of aromatic amines is 1. The van der Waals surface area contributed by atoms with Gasteiger partial charge in [0.25, 0.3) is 0 Å². The van der Waals surface area contributed by atoms with Gasteiger partial charge in [-0.2, -0.15) is 5.10 Å². The summed E-state index contributed by atoms with van der Waals surface area (Å²) in [5, 5.41) is 9.84. The minimum atomic E-state index is 0.0208. The molecule has 56 valence electrons. The summed E-state index contributed by atoms with van der Waals surface area (Å²) in [6.45, 7) is 4.22. The fourth-order valence-electron chi connectivity index (χ4n) is 0.737. The molecule has 0 spiro atoms. The molecule has 1 rings (SSSR count). The average molecular weight is 139 g/mol. The van der Waals surface area contributed by atoms with E-state index in [0.29, 0.717) is 0 Å². The first-order valence-electron chi connectivity index (χ1n) is 3.35. The van der Waals surface area contributed by atoms with Crippen LogP contribution in [-0.4, -0.2) is 17.2 Å². The molecule has 3 heteroatoms. The van der Waals surface area contributed by atoms with Crippen molar-refractivity contribution < 1.29 is 0 Å². The lowest BCUT2D eigenvalue weighted by atomic mass is 9.99. The molecule has 0 amide bonds. The number of hydrogen-bond donors (Lipinski definition) is 2. The Hall–Kier alpha value is -0.830. The molecule has 1 aromatic heterocycles. The highest BCUT2D eigenvalue weighted by molar-refractivity contribution is 5.14. The van der Waals surface area contributed by atoms with E-state index in [2.05, 4.69) is 29.4 Å². The molecule has 1 heterocycles. The van der Waals surface area contributed by atoms with Gasteiger partial charge in [0.1, 0.15) is 0 Å². The second-order valence-electron chi connectivity index (χ2n) is 2.86. The van der Waals surface area contributed by atoms with Crippen LogP contribution in [0.3, 0.4) is 0 Å². The molecule has 2 N–H and O–H groups in total. The Balaban J connectivity index is 2.85. The van der Waals surface area contributed by atoms with E-state index in [1.807, 2.05) is 19.4 Å². The zero-order valence-corrected chi connectivity index (χ0v) is 6.60. The molecule has 0 aromatic carbocycles. The predicted molar refractivity (Wildman–Crippen MR) is 40.7 cm³/mol. The Morgan fingerprint density at radius 1 is 1.60 bits per heavy atom. The van der Waals surface area contributed by atoms with Crippen molar-refractivity contribution in [2.45, 2.75) is 19.4 Å². The number of hydrogen-bond acceptors (Lipinski definition) is 2. The minimum absolute atomic E-state index is 0.0208. The minimum Gasteiger partial charge on any atom is -0.311 e. The van der Waals surface area contributed by atoms with E-state index in [9.17, 15) is 0 Å². The van der Waals surface area contributed by atoms with E-state index in [0.717, 1.165) is 0 Å². The van der Waals surface area contributed by atoms with Crippen LogP contribution in [0, 0.1) is 0 Å². The largest absolute Gasteiger partial charge is 0.311 e. The van der Waals surface area contributed by atoms with Gasteiger partial charge in [0.15, 0.2) is 0 Å². The molecule has 0 saturated carbocycles. The third kappa shape index (κ3) is 1.19. The van der Waals surface area contributed by atoms with Crippen LogP contribution in [0.4, 0.5) is 0 Å². The van der Waals surface area contributed by atoms with Gasteiger partial charge in [-0.15, -0.1) is 0 Å². The molecule has 0 aliphatic carbocycles. The maximum absolute atomic E-state index is 3.87. The lowest BCUT2D eigenvalue weighted by Gasteiger charge is -2.21. The Labute approximate surface area is 60.8 Å². The van der Waals surface area contributed by atoms with Crippen LogP contribution >= 0.6 is 0 Å². The molecular weight excluding hydrogens is 126 g/mol. The zero-order valence-electron chi connectivity index (χ0n) is 6.60. The SMILES string of the molecule is CNC(C)(C)c1cn[nH]c1. The first-order valence-corrected chi connectivity index (χ1v) is 3.35. The van der Waals surface area contributed by atoms with Gasteiger partial charge in [-0.05, 0) is 20.9 Å². The lowest BCUT2D eigenvalue weighted by Crippen LogP contribution is -2.32. The number of rotatable bonds is 2. The van der Waals surface area contributed by atoms with Crippen LogP contribution in [-0.2, 0) is 5.54 Å². The third-order valence-electron chi connectivity index (χ3n) is 1.84. The molecule has 0 fully saturated rings. The van der Waals surface area contributed by atoms with Gasteiger partial charge in [0.05, 0.1) is 6.20 Å². The van der Waals surface area contributed by atoms with Gasteiger partial charge in [-0.25, -0.2) is 0 Å². The quantitative estimate of drug-likeness (QED) is 0.638. The molecule has 0 aliphatic rings. The first-order chi connectivity index (χ1) is 4.67.